The number of nitrogens with one attached hydrogen (secondary N) is 2. The topological polar surface area (TPSA) is 79.9 Å². The number of esters is 2. The first-order valence-electron chi connectivity index (χ1n) is 10.2. The predicted octanol–water partition coefficient (Wildman–Crippen LogP) is 4.70. The molecule has 0 aromatic heterocycles. The summed E-state index contributed by atoms with van der Waals surface area (Å²) < 4.78 is 24.8. The van der Waals surface area contributed by atoms with Crippen LogP contribution in [0.15, 0.2) is 66.1 Å². The highest BCUT2D eigenvalue weighted by Crippen LogP contribution is 2.33. The minimum Gasteiger partial charge on any atom is -0.464 e. The van der Waals surface area contributed by atoms with E-state index in [1.54, 1.807) is 30.3 Å². The van der Waals surface area contributed by atoms with Gasteiger partial charge in [0, 0.05) is 11.9 Å². The molecule has 0 spiro atoms. The van der Waals surface area contributed by atoms with Gasteiger partial charge < -0.3 is 20.2 Å². The molecule has 9 heteroatoms. The maximum absolute atomic E-state index is 14.6. The van der Waals surface area contributed by atoms with Crippen molar-refractivity contribution in [1.82, 2.24) is 5.43 Å². The molecule has 33 heavy (non-hydrogen) atoms. The van der Waals surface area contributed by atoms with Gasteiger partial charge in [-0.3, -0.25) is 4.79 Å². The van der Waals surface area contributed by atoms with Crippen molar-refractivity contribution in [3.63, 3.8) is 0 Å². The largest absolute Gasteiger partial charge is 0.464 e. The Hall–Kier alpha value is -3.52. The normalized spacial score (nSPS) is 13.5. The molecular formula is C24H25ClFN3O4. The minimum atomic E-state index is -0.699. The Bertz CT molecular complexity index is 1090. The van der Waals surface area contributed by atoms with Crippen molar-refractivity contribution in [2.24, 2.45) is 0 Å². The third-order valence-corrected chi connectivity index (χ3v) is 4.78. The summed E-state index contributed by atoms with van der Waals surface area (Å²) in [5.41, 5.74) is 4.05. The van der Waals surface area contributed by atoms with E-state index in [1.807, 2.05) is 20.8 Å². The van der Waals surface area contributed by atoms with Crippen LogP contribution >= 0.6 is 11.6 Å². The smallest absolute Gasteiger partial charge is 0.358 e. The third-order valence-electron chi connectivity index (χ3n) is 4.47. The summed E-state index contributed by atoms with van der Waals surface area (Å²) in [7, 11) is 1.23. The summed E-state index contributed by atoms with van der Waals surface area (Å²) in [5, 5.41) is 4.47. The van der Waals surface area contributed by atoms with E-state index in [0.29, 0.717) is 11.4 Å². The zero-order chi connectivity index (χ0) is 24.2. The Balaban J connectivity index is 1.87. The molecule has 0 atom stereocenters. The van der Waals surface area contributed by atoms with Crippen molar-refractivity contribution in [2.45, 2.75) is 32.8 Å². The van der Waals surface area contributed by atoms with E-state index in [4.69, 9.17) is 21.1 Å². The van der Waals surface area contributed by atoms with Crippen LogP contribution in [0.2, 0.25) is 5.02 Å². The Labute approximate surface area is 196 Å². The summed E-state index contributed by atoms with van der Waals surface area (Å²) in [6, 6.07) is 11.3. The first-order valence-corrected chi connectivity index (χ1v) is 10.5. The van der Waals surface area contributed by atoms with Crippen molar-refractivity contribution in [3.05, 3.63) is 82.5 Å². The highest BCUT2D eigenvalue weighted by Gasteiger charge is 2.29. The highest BCUT2D eigenvalue weighted by atomic mass is 35.5. The maximum Gasteiger partial charge on any atom is 0.358 e. The molecule has 2 N–H and O–H groups in total. The molecule has 0 fully saturated rings. The number of anilines is 2. The van der Waals surface area contributed by atoms with Crippen LogP contribution in [0.3, 0.4) is 0 Å². The Kier molecular flexibility index (Phi) is 7.28. The summed E-state index contributed by atoms with van der Waals surface area (Å²) in [6.45, 7) is 5.44. The Morgan fingerprint density at radius 1 is 1.15 bits per heavy atom. The predicted molar refractivity (Wildman–Crippen MR) is 125 cm³/mol. The van der Waals surface area contributed by atoms with Crippen LogP contribution in [0.25, 0.3) is 0 Å². The number of methoxy groups -OCH3 is 1. The second-order valence-electron chi connectivity index (χ2n) is 8.21. The average Bonchev–Trinajstić information content (AvgIpc) is 2.73. The van der Waals surface area contributed by atoms with Gasteiger partial charge in [0.2, 0.25) is 0 Å². The lowest BCUT2D eigenvalue weighted by Gasteiger charge is -2.31. The molecular weight excluding hydrogens is 449 g/mol. The Morgan fingerprint density at radius 2 is 1.85 bits per heavy atom. The van der Waals surface area contributed by atoms with Crippen LogP contribution in [0.1, 0.15) is 26.3 Å². The monoisotopic (exact) mass is 473 g/mol. The summed E-state index contributed by atoms with van der Waals surface area (Å²) in [6.07, 6.45) is 3.29. The lowest BCUT2D eigenvalue weighted by atomic mass is 10.1. The molecule has 2 aromatic carbocycles. The van der Waals surface area contributed by atoms with Gasteiger partial charge in [-0.1, -0.05) is 29.8 Å². The number of carbonyl (C=O) groups is 2. The van der Waals surface area contributed by atoms with Crippen molar-refractivity contribution in [1.29, 1.82) is 0 Å². The number of allylic oxidation sites excluding steroid dienone is 1. The zero-order valence-electron chi connectivity index (χ0n) is 18.7. The molecule has 0 saturated carbocycles. The first-order chi connectivity index (χ1) is 15.6. The third kappa shape index (κ3) is 6.04. The summed E-state index contributed by atoms with van der Waals surface area (Å²) >= 11 is 6.20. The van der Waals surface area contributed by atoms with Crippen LogP contribution in [0.5, 0.6) is 0 Å². The van der Waals surface area contributed by atoms with Crippen LogP contribution < -0.4 is 15.8 Å². The van der Waals surface area contributed by atoms with Gasteiger partial charge in [0.1, 0.15) is 17.1 Å². The molecule has 7 nitrogen and oxygen atoms in total. The number of hydrogen-bond donors (Lipinski definition) is 2. The molecule has 0 radical (unpaired) electrons. The van der Waals surface area contributed by atoms with E-state index in [2.05, 4.69) is 10.7 Å². The molecule has 0 aliphatic carbocycles. The second kappa shape index (κ2) is 9.95. The fourth-order valence-corrected chi connectivity index (χ4v) is 3.39. The van der Waals surface area contributed by atoms with Gasteiger partial charge >= 0.3 is 11.9 Å². The van der Waals surface area contributed by atoms with Crippen molar-refractivity contribution >= 4 is 34.9 Å². The van der Waals surface area contributed by atoms with Crippen molar-refractivity contribution in [3.8, 4) is 0 Å². The Morgan fingerprint density at radius 3 is 2.45 bits per heavy atom. The number of para-hydroxylation sites is 1. The molecule has 0 bridgehead atoms. The van der Waals surface area contributed by atoms with Crippen LogP contribution in [0.4, 0.5) is 15.8 Å². The van der Waals surface area contributed by atoms with E-state index >= 15 is 0 Å². The van der Waals surface area contributed by atoms with Gasteiger partial charge in [0.05, 0.1) is 24.3 Å². The SMILES string of the molecule is COC(=O)C1=C(Nc2ccc(CC(=O)OC(C)(C)C)cc2)C=CNN1c1c(F)cccc1Cl. The van der Waals surface area contributed by atoms with Crippen LogP contribution in [-0.4, -0.2) is 24.6 Å². The quantitative estimate of drug-likeness (QED) is 0.589. The van der Waals surface area contributed by atoms with Gasteiger partial charge in [0.15, 0.2) is 5.70 Å². The van der Waals surface area contributed by atoms with Gasteiger partial charge in [-0.2, -0.15) is 0 Å². The standard InChI is InChI=1S/C24H25ClFN3O4/c1-24(2,3)33-20(30)14-15-8-10-16(11-9-15)28-19-12-13-27-29(22(19)23(31)32-4)21-17(25)6-5-7-18(21)26/h5-13,27-28H,14H2,1-4H3. The second-order valence-corrected chi connectivity index (χ2v) is 8.61. The fraction of sp³-hybridized carbons (Fsp3) is 0.250. The summed E-state index contributed by atoms with van der Waals surface area (Å²) in [5.74, 6) is -1.63. The molecule has 1 aliphatic rings. The number of benzene rings is 2. The highest BCUT2D eigenvalue weighted by molar-refractivity contribution is 6.33. The number of halogens is 2. The van der Waals surface area contributed by atoms with E-state index in [9.17, 15) is 14.0 Å². The van der Waals surface area contributed by atoms with Crippen molar-refractivity contribution in [2.75, 3.05) is 17.4 Å². The molecule has 1 heterocycles. The number of nitrogens with zero attached hydrogens (tertiary/aromatic N) is 1. The zero-order valence-corrected chi connectivity index (χ0v) is 19.5. The molecule has 3 rings (SSSR count). The average molecular weight is 474 g/mol. The lowest BCUT2D eigenvalue weighted by molar-refractivity contribution is -0.153. The molecule has 0 saturated heterocycles. The number of hydrogen-bond acceptors (Lipinski definition) is 7. The number of hydrazine groups is 1. The van der Waals surface area contributed by atoms with E-state index in [1.165, 1.54) is 36.5 Å². The summed E-state index contributed by atoms with van der Waals surface area (Å²) in [4.78, 5) is 24.7. The van der Waals surface area contributed by atoms with E-state index < -0.39 is 17.4 Å². The van der Waals surface area contributed by atoms with Gasteiger partial charge in [-0.25, -0.2) is 14.2 Å². The molecule has 0 unspecified atom stereocenters. The maximum atomic E-state index is 14.6. The van der Waals surface area contributed by atoms with Crippen molar-refractivity contribution < 1.29 is 23.5 Å². The van der Waals surface area contributed by atoms with Crippen LogP contribution in [0, 0.1) is 5.82 Å². The van der Waals surface area contributed by atoms with Gasteiger partial charge in [-0.15, -0.1) is 0 Å². The molecule has 2 aromatic rings. The van der Waals surface area contributed by atoms with E-state index in [-0.39, 0.29) is 28.8 Å². The minimum absolute atomic E-state index is 0.0177. The van der Waals surface area contributed by atoms with E-state index in [0.717, 1.165) is 5.56 Å². The number of carbonyl (C=O) groups excluding carboxylic acids is 2. The number of ether oxygens (including phenoxy) is 2. The van der Waals surface area contributed by atoms with Gasteiger partial charge in [0.25, 0.3) is 0 Å². The fourth-order valence-electron chi connectivity index (χ4n) is 3.14. The first kappa shape index (κ1) is 24.1. The molecule has 0 amide bonds. The van der Waals surface area contributed by atoms with Crippen LogP contribution in [-0.2, 0) is 25.5 Å². The molecule has 1 aliphatic heterocycles. The number of rotatable bonds is 6. The molecule has 174 valence electrons. The lowest BCUT2D eigenvalue weighted by Crippen LogP contribution is -2.41. The van der Waals surface area contributed by atoms with Gasteiger partial charge in [-0.05, 0) is 56.7 Å².